The summed E-state index contributed by atoms with van der Waals surface area (Å²) in [5.74, 6) is 0.676. The molecule has 7 heteroatoms. The summed E-state index contributed by atoms with van der Waals surface area (Å²) in [6.45, 7) is -0.274. The third-order valence-corrected chi connectivity index (χ3v) is 3.33. The Labute approximate surface area is 142 Å². The van der Waals surface area contributed by atoms with Crippen LogP contribution in [0, 0.1) is 0 Å². The number of methoxy groups -OCH3 is 1. The molecule has 0 radical (unpaired) electrons. The maximum absolute atomic E-state index is 11.6. The van der Waals surface area contributed by atoms with Gasteiger partial charge in [-0.05, 0) is 36.4 Å². The molecule has 0 aliphatic carbocycles. The highest BCUT2D eigenvalue weighted by Crippen LogP contribution is 2.16. The lowest BCUT2D eigenvalue weighted by Crippen LogP contribution is -2.17. The first-order valence-electron chi connectivity index (χ1n) is 6.64. The number of oxime groups is 1. The fourth-order valence-electron chi connectivity index (χ4n) is 1.61. The molecule has 0 saturated carbocycles. The molecule has 0 aromatic heterocycles. The lowest BCUT2D eigenvalue weighted by Gasteiger charge is -2.05. The van der Waals surface area contributed by atoms with Gasteiger partial charge < -0.3 is 20.0 Å². The summed E-state index contributed by atoms with van der Waals surface area (Å²) in [7, 11) is 1.57. The van der Waals surface area contributed by atoms with Crippen molar-refractivity contribution >= 4 is 27.7 Å². The van der Waals surface area contributed by atoms with E-state index in [2.05, 4.69) is 21.1 Å². The maximum Gasteiger partial charge on any atom is 0.372 e. The summed E-state index contributed by atoms with van der Waals surface area (Å²) in [4.78, 5) is 16.3. The van der Waals surface area contributed by atoms with E-state index in [1.54, 1.807) is 43.5 Å². The van der Waals surface area contributed by atoms with Gasteiger partial charge in [0.25, 0.3) is 0 Å². The van der Waals surface area contributed by atoms with E-state index >= 15 is 0 Å². The molecule has 0 bridgehead atoms. The Hall–Kier alpha value is -2.54. The topological polar surface area (TPSA) is 83.1 Å². The molecule has 2 aromatic rings. The standard InChI is InChI=1S/C16H15BrN2O4/c1-21-13-6-8-14(9-7-13)22-10-15(20)23-19-16(18)11-2-4-12(17)5-3-11/h2-9H,10H2,1H3,(H2,18,19). The fraction of sp³-hybridized carbons (Fsp3) is 0.125. The molecular formula is C16H15BrN2O4. The molecule has 2 rings (SSSR count). The summed E-state index contributed by atoms with van der Waals surface area (Å²) in [5.41, 5.74) is 6.39. The number of amidine groups is 1. The van der Waals surface area contributed by atoms with Crippen molar-refractivity contribution in [3.63, 3.8) is 0 Å². The molecule has 120 valence electrons. The minimum absolute atomic E-state index is 0.107. The number of carbonyl (C=O) groups is 1. The first-order chi connectivity index (χ1) is 11.1. The number of hydrogen-bond donors (Lipinski definition) is 1. The molecular weight excluding hydrogens is 364 g/mol. The van der Waals surface area contributed by atoms with Crippen LogP contribution in [0.4, 0.5) is 0 Å². The number of nitrogens with zero attached hydrogens (tertiary/aromatic N) is 1. The normalized spacial score (nSPS) is 11.0. The van der Waals surface area contributed by atoms with Crippen LogP contribution in [-0.2, 0) is 9.63 Å². The number of benzene rings is 2. The highest BCUT2D eigenvalue weighted by Gasteiger charge is 2.06. The van der Waals surface area contributed by atoms with E-state index in [4.69, 9.17) is 20.0 Å². The van der Waals surface area contributed by atoms with Gasteiger partial charge in [0.15, 0.2) is 12.4 Å². The number of rotatable bonds is 6. The highest BCUT2D eigenvalue weighted by molar-refractivity contribution is 9.10. The number of halogens is 1. The van der Waals surface area contributed by atoms with Crippen molar-refractivity contribution in [2.75, 3.05) is 13.7 Å². The van der Waals surface area contributed by atoms with Crippen LogP contribution in [0.1, 0.15) is 5.56 Å². The first-order valence-corrected chi connectivity index (χ1v) is 7.44. The van der Waals surface area contributed by atoms with E-state index in [0.29, 0.717) is 17.1 Å². The van der Waals surface area contributed by atoms with E-state index in [0.717, 1.165) is 4.47 Å². The molecule has 0 spiro atoms. The van der Waals surface area contributed by atoms with Gasteiger partial charge in [-0.3, -0.25) is 0 Å². The Bertz CT molecular complexity index is 684. The summed E-state index contributed by atoms with van der Waals surface area (Å²) in [6.07, 6.45) is 0. The van der Waals surface area contributed by atoms with Crippen LogP contribution in [0.2, 0.25) is 0 Å². The smallest absolute Gasteiger partial charge is 0.372 e. The largest absolute Gasteiger partial charge is 0.497 e. The van der Waals surface area contributed by atoms with Gasteiger partial charge in [0, 0.05) is 10.0 Å². The van der Waals surface area contributed by atoms with Gasteiger partial charge in [-0.1, -0.05) is 33.2 Å². The quantitative estimate of drug-likeness (QED) is 0.361. The molecule has 2 N–H and O–H groups in total. The Morgan fingerprint density at radius 2 is 1.70 bits per heavy atom. The number of ether oxygens (including phenoxy) is 2. The van der Waals surface area contributed by atoms with E-state index in [-0.39, 0.29) is 12.4 Å². The Morgan fingerprint density at radius 1 is 1.09 bits per heavy atom. The van der Waals surface area contributed by atoms with Crippen molar-refractivity contribution in [2.45, 2.75) is 0 Å². The molecule has 23 heavy (non-hydrogen) atoms. The summed E-state index contributed by atoms with van der Waals surface area (Å²) < 4.78 is 11.2. The number of hydrogen-bond acceptors (Lipinski definition) is 5. The average molecular weight is 379 g/mol. The molecule has 6 nitrogen and oxygen atoms in total. The SMILES string of the molecule is COc1ccc(OCC(=O)O/N=C(\N)c2ccc(Br)cc2)cc1. The van der Waals surface area contributed by atoms with Gasteiger partial charge in [0.2, 0.25) is 0 Å². The summed E-state index contributed by atoms with van der Waals surface area (Å²) >= 11 is 3.32. The third-order valence-electron chi connectivity index (χ3n) is 2.80. The monoisotopic (exact) mass is 378 g/mol. The molecule has 0 heterocycles. The van der Waals surface area contributed by atoms with Crippen molar-refractivity contribution in [3.8, 4) is 11.5 Å². The Morgan fingerprint density at radius 3 is 2.30 bits per heavy atom. The van der Waals surface area contributed by atoms with Gasteiger partial charge in [0.05, 0.1) is 7.11 Å². The van der Waals surface area contributed by atoms with E-state index < -0.39 is 5.97 Å². The molecule has 0 amide bonds. The lowest BCUT2D eigenvalue weighted by atomic mass is 10.2. The summed E-state index contributed by atoms with van der Waals surface area (Å²) in [6, 6.07) is 14.0. The van der Waals surface area contributed by atoms with Crippen molar-refractivity contribution in [2.24, 2.45) is 10.9 Å². The molecule has 0 saturated heterocycles. The molecule has 2 aromatic carbocycles. The van der Waals surface area contributed by atoms with Gasteiger partial charge in [0.1, 0.15) is 11.5 Å². The van der Waals surface area contributed by atoms with Crippen LogP contribution in [0.15, 0.2) is 58.2 Å². The zero-order valence-corrected chi connectivity index (χ0v) is 13.9. The van der Waals surface area contributed by atoms with Crippen LogP contribution in [-0.4, -0.2) is 25.5 Å². The van der Waals surface area contributed by atoms with E-state index in [9.17, 15) is 4.79 Å². The van der Waals surface area contributed by atoms with Crippen LogP contribution >= 0.6 is 15.9 Å². The highest BCUT2D eigenvalue weighted by atomic mass is 79.9. The van der Waals surface area contributed by atoms with Gasteiger partial charge in [-0.25, -0.2) is 4.79 Å². The Balaban J connectivity index is 1.84. The minimum atomic E-state index is -0.652. The maximum atomic E-state index is 11.6. The second-order valence-corrected chi connectivity index (χ2v) is 5.33. The van der Waals surface area contributed by atoms with Crippen LogP contribution in [0.5, 0.6) is 11.5 Å². The second-order valence-electron chi connectivity index (χ2n) is 4.41. The van der Waals surface area contributed by atoms with Gasteiger partial charge >= 0.3 is 5.97 Å². The first kappa shape index (κ1) is 16.8. The predicted molar refractivity (Wildman–Crippen MR) is 89.4 cm³/mol. The molecule has 0 atom stereocenters. The fourth-order valence-corrected chi connectivity index (χ4v) is 1.88. The number of carbonyl (C=O) groups excluding carboxylic acids is 1. The van der Waals surface area contributed by atoms with Crippen molar-refractivity contribution < 1.29 is 19.1 Å². The van der Waals surface area contributed by atoms with Crippen molar-refractivity contribution in [3.05, 3.63) is 58.6 Å². The van der Waals surface area contributed by atoms with Crippen molar-refractivity contribution in [1.82, 2.24) is 0 Å². The number of nitrogens with two attached hydrogens (primary N) is 1. The molecule has 0 aliphatic rings. The average Bonchev–Trinajstić information content (AvgIpc) is 2.59. The minimum Gasteiger partial charge on any atom is -0.497 e. The van der Waals surface area contributed by atoms with Gasteiger partial charge in [-0.2, -0.15) is 0 Å². The van der Waals surface area contributed by atoms with Gasteiger partial charge in [-0.15, -0.1) is 0 Å². The zero-order chi connectivity index (χ0) is 16.7. The van der Waals surface area contributed by atoms with E-state index in [1.807, 2.05) is 12.1 Å². The van der Waals surface area contributed by atoms with Crippen LogP contribution in [0.3, 0.4) is 0 Å². The molecule has 0 aliphatic heterocycles. The van der Waals surface area contributed by atoms with Crippen LogP contribution in [0.25, 0.3) is 0 Å². The Kier molecular flexibility index (Phi) is 5.99. The molecule has 0 unspecified atom stereocenters. The second kappa shape index (κ2) is 8.19. The third kappa shape index (κ3) is 5.30. The van der Waals surface area contributed by atoms with Crippen molar-refractivity contribution in [1.29, 1.82) is 0 Å². The lowest BCUT2D eigenvalue weighted by molar-refractivity contribution is -0.146. The van der Waals surface area contributed by atoms with Crippen LogP contribution < -0.4 is 15.2 Å². The summed E-state index contributed by atoms with van der Waals surface area (Å²) in [5, 5.41) is 3.59. The predicted octanol–water partition coefficient (Wildman–Crippen LogP) is 2.70. The zero-order valence-electron chi connectivity index (χ0n) is 12.4. The molecule has 0 fully saturated rings. The van der Waals surface area contributed by atoms with E-state index in [1.165, 1.54) is 0 Å².